The number of halogens is 1. The molecule has 94 valence electrons. The zero-order chi connectivity index (χ0) is 13.0. The van der Waals surface area contributed by atoms with Crippen LogP contribution >= 0.6 is 11.3 Å². The van der Waals surface area contributed by atoms with Crippen molar-refractivity contribution >= 4 is 17.2 Å². The molecule has 2 rings (SSSR count). The second-order valence-corrected chi connectivity index (χ2v) is 4.55. The number of hydrogen-bond acceptors (Lipinski definition) is 3. The van der Waals surface area contributed by atoms with Crippen LogP contribution in [-0.4, -0.2) is 17.6 Å². The Balaban J connectivity index is 1.96. The third-order valence-electron chi connectivity index (χ3n) is 2.50. The van der Waals surface area contributed by atoms with Gasteiger partial charge in [0.25, 0.3) is 5.91 Å². The third-order valence-corrected chi connectivity index (χ3v) is 3.23. The molecule has 2 N–H and O–H groups in total. The number of phenolic OH excluding ortho intramolecular Hbond substituents is 1. The summed E-state index contributed by atoms with van der Waals surface area (Å²) >= 11 is 1.59. The van der Waals surface area contributed by atoms with Gasteiger partial charge in [-0.15, -0.1) is 0 Å². The Kier molecular flexibility index (Phi) is 3.94. The zero-order valence-electron chi connectivity index (χ0n) is 9.52. The van der Waals surface area contributed by atoms with Gasteiger partial charge in [-0.1, -0.05) is 6.07 Å². The van der Waals surface area contributed by atoms with Gasteiger partial charge in [0.2, 0.25) is 0 Å². The Morgan fingerprint density at radius 1 is 1.39 bits per heavy atom. The number of rotatable bonds is 4. The summed E-state index contributed by atoms with van der Waals surface area (Å²) < 4.78 is 13.4. The lowest BCUT2D eigenvalue weighted by atomic mass is 10.1. The lowest BCUT2D eigenvalue weighted by Gasteiger charge is -2.07. The van der Waals surface area contributed by atoms with Crippen LogP contribution in [-0.2, 0) is 6.42 Å². The fraction of sp³-hybridized carbons (Fsp3) is 0.154. The molecule has 0 aliphatic carbocycles. The van der Waals surface area contributed by atoms with Crippen LogP contribution in [0.5, 0.6) is 5.75 Å². The smallest absolute Gasteiger partial charge is 0.258 e. The first-order chi connectivity index (χ1) is 8.68. The third kappa shape index (κ3) is 2.87. The number of aromatic hydroxyl groups is 1. The molecule has 0 aliphatic rings. The molecule has 0 spiro atoms. The quantitative estimate of drug-likeness (QED) is 0.892. The topological polar surface area (TPSA) is 49.3 Å². The molecule has 3 nitrogen and oxygen atoms in total. The second-order valence-electron chi connectivity index (χ2n) is 3.77. The van der Waals surface area contributed by atoms with Crippen LogP contribution in [0.25, 0.3) is 0 Å². The highest BCUT2D eigenvalue weighted by Crippen LogP contribution is 2.19. The van der Waals surface area contributed by atoms with E-state index in [-0.39, 0.29) is 11.3 Å². The van der Waals surface area contributed by atoms with E-state index >= 15 is 0 Å². The number of thiophene rings is 1. The zero-order valence-corrected chi connectivity index (χ0v) is 10.3. The van der Waals surface area contributed by atoms with Crippen LogP contribution < -0.4 is 5.32 Å². The lowest BCUT2D eigenvalue weighted by Crippen LogP contribution is -2.26. The average molecular weight is 265 g/mol. The van der Waals surface area contributed by atoms with Crippen LogP contribution in [0.3, 0.4) is 0 Å². The summed E-state index contributed by atoms with van der Waals surface area (Å²) in [6, 6.07) is 5.76. The first-order valence-electron chi connectivity index (χ1n) is 5.45. The van der Waals surface area contributed by atoms with Gasteiger partial charge in [0.05, 0.1) is 0 Å². The molecule has 5 heteroatoms. The largest absolute Gasteiger partial charge is 0.507 e. The predicted molar refractivity (Wildman–Crippen MR) is 68.4 cm³/mol. The van der Waals surface area contributed by atoms with Crippen LogP contribution in [0, 0.1) is 5.82 Å². The SMILES string of the molecule is O=C(NCCc1ccsc1)c1c(O)cccc1F. The van der Waals surface area contributed by atoms with Crippen LogP contribution in [0.15, 0.2) is 35.0 Å². The normalized spacial score (nSPS) is 10.3. The Morgan fingerprint density at radius 3 is 2.89 bits per heavy atom. The van der Waals surface area contributed by atoms with Gasteiger partial charge in [-0.2, -0.15) is 11.3 Å². The highest BCUT2D eigenvalue weighted by atomic mass is 32.1. The summed E-state index contributed by atoms with van der Waals surface area (Å²) in [5.74, 6) is -1.66. The summed E-state index contributed by atoms with van der Waals surface area (Å²) in [5.41, 5.74) is 0.820. The van der Waals surface area contributed by atoms with E-state index in [1.807, 2.05) is 16.8 Å². The van der Waals surface area contributed by atoms with Crippen LogP contribution in [0.4, 0.5) is 4.39 Å². The van der Waals surface area contributed by atoms with Gasteiger partial charge in [0, 0.05) is 6.54 Å². The molecule has 0 fully saturated rings. The van der Waals surface area contributed by atoms with Gasteiger partial charge in [-0.25, -0.2) is 4.39 Å². The standard InChI is InChI=1S/C13H12FNO2S/c14-10-2-1-3-11(16)12(10)13(17)15-6-4-9-5-7-18-8-9/h1-3,5,7-8,16H,4,6H2,(H,15,17). The Bertz CT molecular complexity index is 520. The van der Waals surface area contributed by atoms with Crippen molar-refractivity contribution in [1.29, 1.82) is 0 Å². The van der Waals surface area contributed by atoms with Crippen molar-refractivity contribution in [3.63, 3.8) is 0 Å². The minimum Gasteiger partial charge on any atom is -0.507 e. The maximum atomic E-state index is 13.4. The van der Waals surface area contributed by atoms with E-state index in [2.05, 4.69) is 5.32 Å². The van der Waals surface area contributed by atoms with Crippen LogP contribution in [0.1, 0.15) is 15.9 Å². The maximum absolute atomic E-state index is 13.4. The minimum atomic E-state index is -0.719. The number of amides is 1. The molecular formula is C13H12FNO2S. The summed E-state index contributed by atoms with van der Waals surface area (Å²) in [5, 5.41) is 16.0. The highest BCUT2D eigenvalue weighted by molar-refractivity contribution is 7.07. The fourth-order valence-electron chi connectivity index (χ4n) is 1.58. The van der Waals surface area contributed by atoms with Crippen molar-refractivity contribution in [2.75, 3.05) is 6.54 Å². The van der Waals surface area contributed by atoms with Gasteiger partial charge in [0.1, 0.15) is 17.1 Å². The van der Waals surface area contributed by atoms with E-state index in [0.717, 1.165) is 11.6 Å². The molecule has 18 heavy (non-hydrogen) atoms. The van der Waals surface area contributed by atoms with E-state index in [1.54, 1.807) is 11.3 Å². The summed E-state index contributed by atoms with van der Waals surface area (Å²) in [7, 11) is 0. The van der Waals surface area contributed by atoms with Crippen molar-refractivity contribution < 1.29 is 14.3 Å². The van der Waals surface area contributed by atoms with E-state index < -0.39 is 11.7 Å². The summed E-state index contributed by atoms with van der Waals surface area (Å²) in [6.45, 7) is 0.406. The van der Waals surface area contributed by atoms with Crippen molar-refractivity contribution in [1.82, 2.24) is 5.32 Å². The number of benzene rings is 1. The van der Waals surface area contributed by atoms with Gasteiger partial charge < -0.3 is 10.4 Å². The van der Waals surface area contributed by atoms with Gasteiger partial charge >= 0.3 is 0 Å². The van der Waals surface area contributed by atoms with Crippen LogP contribution in [0.2, 0.25) is 0 Å². The molecule has 1 amide bonds. The second kappa shape index (κ2) is 5.64. The molecule has 0 bridgehead atoms. The Hall–Kier alpha value is -1.88. The molecule has 0 unspecified atom stereocenters. The first-order valence-corrected chi connectivity index (χ1v) is 6.39. The Morgan fingerprint density at radius 2 is 2.22 bits per heavy atom. The maximum Gasteiger partial charge on any atom is 0.258 e. The van der Waals surface area contributed by atoms with E-state index in [1.165, 1.54) is 12.1 Å². The molecule has 2 aromatic rings. The Labute approximate surface area is 108 Å². The van der Waals surface area contributed by atoms with E-state index in [4.69, 9.17) is 0 Å². The number of carbonyl (C=O) groups is 1. The van der Waals surface area contributed by atoms with E-state index in [0.29, 0.717) is 13.0 Å². The molecule has 0 saturated heterocycles. The van der Waals surface area contributed by atoms with Crippen molar-refractivity contribution in [3.8, 4) is 5.75 Å². The van der Waals surface area contributed by atoms with Gasteiger partial charge in [-0.05, 0) is 40.9 Å². The van der Waals surface area contributed by atoms with E-state index in [9.17, 15) is 14.3 Å². The van der Waals surface area contributed by atoms with Crippen molar-refractivity contribution in [3.05, 3.63) is 52.0 Å². The molecule has 1 heterocycles. The number of hydrogen-bond donors (Lipinski definition) is 2. The highest BCUT2D eigenvalue weighted by Gasteiger charge is 2.15. The minimum absolute atomic E-state index is 0.303. The molecule has 1 aromatic heterocycles. The lowest BCUT2D eigenvalue weighted by molar-refractivity contribution is 0.0947. The molecule has 0 radical (unpaired) electrons. The van der Waals surface area contributed by atoms with Crippen molar-refractivity contribution in [2.45, 2.75) is 6.42 Å². The van der Waals surface area contributed by atoms with Gasteiger partial charge in [-0.3, -0.25) is 4.79 Å². The molecular weight excluding hydrogens is 253 g/mol. The number of phenols is 1. The molecule has 1 aromatic carbocycles. The fourth-order valence-corrected chi connectivity index (χ4v) is 2.28. The predicted octanol–water partition coefficient (Wildman–Crippen LogP) is 2.57. The first kappa shape index (κ1) is 12.6. The summed E-state index contributed by atoms with van der Waals surface area (Å²) in [6.07, 6.45) is 0.685. The monoisotopic (exact) mass is 265 g/mol. The van der Waals surface area contributed by atoms with Crippen molar-refractivity contribution in [2.24, 2.45) is 0 Å². The molecule has 0 aliphatic heterocycles. The molecule has 0 atom stereocenters. The van der Waals surface area contributed by atoms with Gasteiger partial charge in [0.15, 0.2) is 0 Å². The average Bonchev–Trinajstić information content (AvgIpc) is 2.82. The number of nitrogens with one attached hydrogen (secondary N) is 1. The number of carbonyl (C=O) groups excluding carboxylic acids is 1. The molecule has 0 saturated carbocycles. The summed E-state index contributed by atoms with van der Waals surface area (Å²) in [4.78, 5) is 11.7.